The van der Waals surface area contributed by atoms with Gasteiger partial charge in [0, 0.05) is 19.6 Å². The van der Waals surface area contributed by atoms with Crippen molar-refractivity contribution in [3.63, 3.8) is 0 Å². The van der Waals surface area contributed by atoms with Gasteiger partial charge in [-0.15, -0.1) is 0 Å². The molecular formula is C10H16N2O. The number of piperidine rings is 1. The third-order valence-electron chi connectivity index (χ3n) is 2.37. The lowest BCUT2D eigenvalue weighted by atomic mass is 10.1. The first-order valence-corrected chi connectivity index (χ1v) is 4.66. The van der Waals surface area contributed by atoms with Crippen molar-refractivity contribution in [3.8, 4) is 11.8 Å². The molecule has 0 spiro atoms. The highest BCUT2D eigenvalue weighted by molar-refractivity contribution is 5.93. The van der Waals surface area contributed by atoms with Gasteiger partial charge in [0.25, 0.3) is 5.91 Å². The number of carbonyl (C=O) groups is 1. The van der Waals surface area contributed by atoms with Crippen LogP contribution in [0.2, 0.25) is 0 Å². The largest absolute Gasteiger partial charge is 0.331 e. The summed E-state index contributed by atoms with van der Waals surface area (Å²) in [5.41, 5.74) is 0. The van der Waals surface area contributed by atoms with Crippen molar-refractivity contribution in [1.82, 2.24) is 10.2 Å². The number of likely N-dealkylation sites (N-methyl/N-ethyl adjacent to an activating group) is 1. The lowest BCUT2D eigenvalue weighted by molar-refractivity contribution is -0.126. The number of carbonyl (C=O) groups excluding carboxylic acids is 1. The Kier molecular flexibility index (Phi) is 3.78. The molecule has 0 aromatic heterocycles. The van der Waals surface area contributed by atoms with Gasteiger partial charge in [0.1, 0.15) is 0 Å². The molecule has 1 rings (SSSR count). The van der Waals surface area contributed by atoms with Crippen LogP contribution in [-0.4, -0.2) is 37.0 Å². The van der Waals surface area contributed by atoms with Crippen LogP contribution < -0.4 is 5.32 Å². The zero-order chi connectivity index (χ0) is 9.68. The van der Waals surface area contributed by atoms with Gasteiger partial charge in [-0.25, -0.2) is 0 Å². The molecule has 72 valence electrons. The second-order valence-electron chi connectivity index (χ2n) is 3.29. The number of nitrogens with one attached hydrogen (secondary N) is 1. The molecule has 1 aliphatic heterocycles. The predicted octanol–water partition coefficient (Wildman–Crippen LogP) is 0.220. The Morgan fingerprint density at radius 3 is 2.92 bits per heavy atom. The van der Waals surface area contributed by atoms with Gasteiger partial charge in [-0.3, -0.25) is 4.79 Å². The fourth-order valence-electron chi connectivity index (χ4n) is 1.52. The molecule has 1 heterocycles. The Balaban J connectivity index is 2.48. The van der Waals surface area contributed by atoms with Crippen molar-refractivity contribution in [1.29, 1.82) is 0 Å². The topological polar surface area (TPSA) is 32.3 Å². The maximum absolute atomic E-state index is 11.4. The van der Waals surface area contributed by atoms with Gasteiger partial charge in [0.05, 0.1) is 0 Å². The van der Waals surface area contributed by atoms with Gasteiger partial charge in [-0.05, 0) is 32.2 Å². The SMILES string of the molecule is CC#CC(=O)N(C)C1CCCNC1. The zero-order valence-corrected chi connectivity index (χ0v) is 8.26. The lowest BCUT2D eigenvalue weighted by Crippen LogP contribution is -2.46. The summed E-state index contributed by atoms with van der Waals surface area (Å²) in [6, 6.07) is 0.321. The van der Waals surface area contributed by atoms with E-state index in [0.717, 1.165) is 25.9 Å². The molecule has 0 saturated carbocycles. The van der Waals surface area contributed by atoms with Gasteiger partial charge < -0.3 is 10.2 Å². The normalized spacial score (nSPS) is 21.5. The van der Waals surface area contributed by atoms with Gasteiger partial charge in [-0.2, -0.15) is 0 Å². The predicted molar refractivity (Wildman–Crippen MR) is 52.1 cm³/mol. The highest BCUT2D eigenvalue weighted by Crippen LogP contribution is 2.07. The fraction of sp³-hybridized carbons (Fsp3) is 0.700. The summed E-state index contributed by atoms with van der Waals surface area (Å²) in [6.45, 7) is 3.65. The second kappa shape index (κ2) is 4.88. The average Bonchev–Trinajstić information content (AvgIpc) is 2.18. The molecule has 1 saturated heterocycles. The summed E-state index contributed by atoms with van der Waals surface area (Å²) < 4.78 is 0. The van der Waals surface area contributed by atoms with Crippen molar-refractivity contribution in [2.24, 2.45) is 0 Å². The Labute approximate surface area is 79.5 Å². The summed E-state index contributed by atoms with van der Waals surface area (Å²) in [6.07, 6.45) is 2.22. The van der Waals surface area contributed by atoms with Crippen molar-refractivity contribution in [2.75, 3.05) is 20.1 Å². The quantitative estimate of drug-likeness (QED) is 0.585. The second-order valence-corrected chi connectivity index (χ2v) is 3.29. The molecule has 13 heavy (non-hydrogen) atoms. The highest BCUT2D eigenvalue weighted by Gasteiger charge is 2.20. The molecule has 1 fully saturated rings. The summed E-state index contributed by atoms with van der Waals surface area (Å²) in [4.78, 5) is 13.1. The molecule has 3 heteroatoms. The molecule has 0 aliphatic carbocycles. The van der Waals surface area contributed by atoms with Crippen molar-refractivity contribution >= 4 is 5.91 Å². The molecule has 1 atom stereocenters. The minimum Gasteiger partial charge on any atom is -0.331 e. The monoisotopic (exact) mass is 180 g/mol. The number of rotatable bonds is 1. The minimum atomic E-state index is -0.0730. The molecule has 1 unspecified atom stereocenters. The minimum absolute atomic E-state index is 0.0730. The van der Waals surface area contributed by atoms with Crippen LogP contribution in [0.3, 0.4) is 0 Å². The molecule has 1 N–H and O–H groups in total. The first-order valence-electron chi connectivity index (χ1n) is 4.66. The van der Waals surface area contributed by atoms with E-state index < -0.39 is 0 Å². The van der Waals surface area contributed by atoms with Gasteiger partial charge in [0.2, 0.25) is 0 Å². The van der Waals surface area contributed by atoms with Crippen molar-refractivity contribution in [3.05, 3.63) is 0 Å². The van der Waals surface area contributed by atoms with Crippen LogP contribution in [0.15, 0.2) is 0 Å². The van der Waals surface area contributed by atoms with E-state index >= 15 is 0 Å². The maximum Gasteiger partial charge on any atom is 0.298 e. The van der Waals surface area contributed by atoms with E-state index in [0.29, 0.717) is 6.04 Å². The Hall–Kier alpha value is -1.01. The Bertz CT molecular complexity index is 233. The Morgan fingerprint density at radius 2 is 2.38 bits per heavy atom. The summed E-state index contributed by atoms with van der Waals surface area (Å²) in [5.74, 6) is 5.10. The standard InChI is InChI=1S/C10H16N2O/c1-3-5-10(13)12(2)9-6-4-7-11-8-9/h9,11H,4,6-8H2,1-2H3. The number of hydrogen-bond acceptors (Lipinski definition) is 2. The van der Waals surface area contributed by atoms with Crippen LogP contribution in [-0.2, 0) is 4.79 Å². The van der Waals surface area contributed by atoms with Gasteiger partial charge in [0.15, 0.2) is 0 Å². The van der Waals surface area contributed by atoms with E-state index in [1.807, 2.05) is 7.05 Å². The third-order valence-corrected chi connectivity index (χ3v) is 2.37. The molecule has 0 aromatic rings. The maximum atomic E-state index is 11.4. The van der Waals surface area contributed by atoms with Crippen molar-refractivity contribution < 1.29 is 4.79 Å². The molecule has 1 aliphatic rings. The lowest BCUT2D eigenvalue weighted by Gasteiger charge is -2.30. The van der Waals surface area contributed by atoms with E-state index in [1.165, 1.54) is 0 Å². The van der Waals surface area contributed by atoms with Crippen LogP contribution in [0.25, 0.3) is 0 Å². The smallest absolute Gasteiger partial charge is 0.298 e. The highest BCUT2D eigenvalue weighted by atomic mass is 16.2. The van der Waals surface area contributed by atoms with Crippen LogP contribution >= 0.6 is 0 Å². The first-order chi connectivity index (χ1) is 6.25. The third kappa shape index (κ3) is 2.74. The van der Waals surface area contributed by atoms with E-state index in [-0.39, 0.29) is 5.91 Å². The zero-order valence-electron chi connectivity index (χ0n) is 8.26. The van der Waals surface area contributed by atoms with Crippen molar-refractivity contribution in [2.45, 2.75) is 25.8 Å². The average molecular weight is 180 g/mol. The molecule has 0 bridgehead atoms. The van der Waals surface area contributed by atoms with Gasteiger partial charge >= 0.3 is 0 Å². The number of nitrogens with zero attached hydrogens (tertiary/aromatic N) is 1. The molecule has 0 radical (unpaired) electrons. The van der Waals surface area contributed by atoms with Gasteiger partial charge in [-0.1, -0.05) is 5.92 Å². The number of hydrogen-bond donors (Lipinski definition) is 1. The molecule has 3 nitrogen and oxygen atoms in total. The Morgan fingerprint density at radius 1 is 1.62 bits per heavy atom. The first kappa shape index (κ1) is 10.1. The van der Waals surface area contributed by atoms with E-state index in [9.17, 15) is 4.79 Å². The number of amides is 1. The van der Waals surface area contributed by atoms with Crippen LogP contribution in [0, 0.1) is 11.8 Å². The van der Waals surface area contributed by atoms with E-state index in [4.69, 9.17) is 0 Å². The summed E-state index contributed by atoms with van der Waals surface area (Å²) >= 11 is 0. The molecule has 0 aromatic carbocycles. The molecular weight excluding hydrogens is 164 g/mol. The van der Waals surface area contributed by atoms with E-state index in [1.54, 1.807) is 11.8 Å². The molecule has 1 amide bonds. The van der Waals surface area contributed by atoms with E-state index in [2.05, 4.69) is 17.2 Å². The van der Waals surface area contributed by atoms with Crippen LogP contribution in [0.5, 0.6) is 0 Å². The summed E-state index contributed by atoms with van der Waals surface area (Å²) in [5, 5.41) is 3.27. The fourth-order valence-corrected chi connectivity index (χ4v) is 1.52. The van der Waals surface area contributed by atoms with Crippen LogP contribution in [0.1, 0.15) is 19.8 Å². The van der Waals surface area contributed by atoms with Crippen LogP contribution in [0.4, 0.5) is 0 Å². The summed E-state index contributed by atoms with van der Waals surface area (Å²) in [7, 11) is 1.82.